The standard InChI is InChI=1S/C14H18F3NO3/c1-7(2)10(12(20)21)18-8-6-13(4-3-5-13)9(8)11(19)14(15,16)17/h7,10,18H,3-6H2,1-2H3,(H,20,21). The van der Waals surface area contributed by atoms with E-state index in [2.05, 4.69) is 5.32 Å². The van der Waals surface area contributed by atoms with Gasteiger partial charge in [-0.2, -0.15) is 13.2 Å². The van der Waals surface area contributed by atoms with E-state index in [1.54, 1.807) is 13.8 Å². The van der Waals surface area contributed by atoms with Crippen LogP contribution in [-0.2, 0) is 9.59 Å². The Bertz CT molecular complexity index is 504. The lowest BCUT2D eigenvalue weighted by atomic mass is 9.53. The maximum absolute atomic E-state index is 12.7. The van der Waals surface area contributed by atoms with Gasteiger partial charge in [0.05, 0.1) is 0 Å². The van der Waals surface area contributed by atoms with E-state index >= 15 is 0 Å². The third kappa shape index (κ3) is 2.65. The number of nitrogens with one attached hydrogen (secondary N) is 1. The number of halogens is 3. The van der Waals surface area contributed by atoms with Gasteiger partial charge in [0.1, 0.15) is 6.04 Å². The highest BCUT2D eigenvalue weighted by Gasteiger charge is 2.57. The summed E-state index contributed by atoms with van der Waals surface area (Å²) >= 11 is 0. The van der Waals surface area contributed by atoms with Gasteiger partial charge in [-0.1, -0.05) is 20.3 Å². The molecule has 2 aliphatic rings. The molecule has 0 aliphatic heterocycles. The Morgan fingerprint density at radius 1 is 1.29 bits per heavy atom. The van der Waals surface area contributed by atoms with Gasteiger partial charge in [-0.25, -0.2) is 4.79 Å². The van der Waals surface area contributed by atoms with E-state index in [-0.39, 0.29) is 17.2 Å². The van der Waals surface area contributed by atoms with Crippen molar-refractivity contribution in [2.75, 3.05) is 0 Å². The lowest BCUT2D eigenvalue weighted by Crippen LogP contribution is -2.52. The summed E-state index contributed by atoms with van der Waals surface area (Å²) in [5.74, 6) is -3.26. The Kier molecular flexibility index (Phi) is 3.80. The second kappa shape index (κ2) is 5.03. The largest absolute Gasteiger partial charge is 0.480 e. The highest BCUT2D eigenvalue weighted by Crippen LogP contribution is 2.60. The van der Waals surface area contributed by atoms with Crippen LogP contribution in [0.1, 0.15) is 39.5 Å². The molecule has 2 N–H and O–H groups in total. The van der Waals surface area contributed by atoms with Gasteiger partial charge < -0.3 is 10.4 Å². The first kappa shape index (κ1) is 15.9. The van der Waals surface area contributed by atoms with E-state index in [0.717, 1.165) is 6.42 Å². The molecule has 7 heteroatoms. The Balaban J connectivity index is 2.29. The highest BCUT2D eigenvalue weighted by molar-refractivity contribution is 6.03. The van der Waals surface area contributed by atoms with Crippen LogP contribution in [0.3, 0.4) is 0 Å². The van der Waals surface area contributed by atoms with E-state index in [1.165, 1.54) is 0 Å². The fourth-order valence-electron chi connectivity index (χ4n) is 3.10. The number of aliphatic carboxylic acids is 1. The number of carboxylic acids is 1. The Morgan fingerprint density at radius 3 is 2.19 bits per heavy atom. The molecule has 21 heavy (non-hydrogen) atoms. The Hall–Kier alpha value is -1.53. The van der Waals surface area contributed by atoms with Crippen LogP contribution < -0.4 is 5.32 Å². The van der Waals surface area contributed by atoms with Gasteiger partial charge in [-0.05, 0) is 25.2 Å². The van der Waals surface area contributed by atoms with Gasteiger partial charge >= 0.3 is 12.1 Å². The van der Waals surface area contributed by atoms with E-state index < -0.39 is 29.4 Å². The summed E-state index contributed by atoms with van der Waals surface area (Å²) in [5, 5.41) is 11.7. The van der Waals surface area contributed by atoms with Crippen molar-refractivity contribution in [3.05, 3.63) is 11.3 Å². The summed E-state index contributed by atoms with van der Waals surface area (Å²) in [6.45, 7) is 3.32. The van der Waals surface area contributed by atoms with Crippen molar-refractivity contribution in [1.82, 2.24) is 5.32 Å². The number of alkyl halides is 3. The van der Waals surface area contributed by atoms with Crippen molar-refractivity contribution >= 4 is 11.8 Å². The van der Waals surface area contributed by atoms with E-state index in [1.807, 2.05) is 0 Å². The van der Waals surface area contributed by atoms with Crippen LogP contribution in [-0.4, -0.2) is 29.1 Å². The molecule has 118 valence electrons. The zero-order valence-corrected chi connectivity index (χ0v) is 11.9. The van der Waals surface area contributed by atoms with Gasteiger partial charge in [-0.3, -0.25) is 4.79 Å². The quantitative estimate of drug-likeness (QED) is 0.819. The molecule has 0 aromatic heterocycles. The lowest BCUT2D eigenvalue weighted by molar-refractivity contribution is -0.169. The molecule has 1 fully saturated rings. The first-order valence-electron chi connectivity index (χ1n) is 6.93. The van der Waals surface area contributed by atoms with Gasteiger partial charge in [-0.15, -0.1) is 0 Å². The van der Waals surface area contributed by atoms with Crippen LogP contribution in [0.15, 0.2) is 11.3 Å². The maximum Gasteiger partial charge on any atom is 0.454 e. The molecule has 4 nitrogen and oxygen atoms in total. The van der Waals surface area contributed by atoms with Gasteiger partial charge in [0.2, 0.25) is 0 Å². The van der Waals surface area contributed by atoms with Crippen molar-refractivity contribution in [1.29, 1.82) is 0 Å². The molecule has 0 radical (unpaired) electrons. The van der Waals surface area contributed by atoms with Crippen molar-refractivity contribution in [3.8, 4) is 0 Å². The minimum absolute atomic E-state index is 0.151. The molecule has 1 spiro atoms. The molecule has 1 saturated carbocycles. The van der Waals surface area contributed by atoms with Crippen LogP contribution in [0.2, 0.25) is 0 Å². The Morgan fingerprint density at radius 2 is 1.86 bits per heavy atom. The molecule has 2 rings (SSSR count). The smallest absolute Gasteiger partial charge is 0.454 e. The minimum atomic E-state index is -4.91. The van der Waals surface area contributed by atoms with Gasteiger partial charge in [0, 0.05) is 16.7 Å². The molecule has 0 aromatic rings. The first-order chi connectivity index (χ1) is 9.58. The fraction of sp³-hybridized carbons (Fsp3) is 0.714. The molecular weight excluding hydrogens is 287 g/mol. The summed E-state index contributed by atoms with van der Waals surface area (Å²) < 4.78 is 38.2. The van der Waals surface area contributed by atoms with E-state index in [4.69, 9.17) is 5.11 Å². The van der Waals surface area contributed by atoms with Crippen LogP contribution >= 0.6 is 0 Å². The maximum atomic E-state index is 12.7. The second-order valence-electron chi connectivity index (χ2n) is 6.20. The summed E-state index contributed by atoms with van der Waals surface area (Å²) in [7, 11) is 0. The van der Waals surface area contributed by atoms with Crippen LogP contribution in [0.5, 0.6) is 0 Å². The van der Waals surface area contributed by atoms with Crippen LogP contribution in [0, 0.1) is 11.3 Å². The number of carbonyl (C=O) groups excluding carboxylic acids is 1. The number of allylic oxidation sites excluding steroid dienone is 2. The minimum Gasteiger partial charge on any atom is -0.480 e. The van der Waals surface area contributed by atoms with Crippen molar-refractivity contribution < 1.29 is 27.9 Å². The normalized spacial score (nSPS) is 21.8. The number of rotatable bonds is 5. The summed E-state index contributed by atoms with van der Waals surface area (Å²) in [6.07, 6.45) is -2.65. The van der Waals surface area contributed by atoms with Crippen LogP contribution in [0.25, 0.3) is 0 Å². The average Bonchev–Trinajstić information content (AvgIpc) is 2.22. The number of hydrogen-bond acceptors (Lipinski definition) is 3. The molecule has 2 aliphatic carbocycles. The number of carbonyl (C=O) groups is 2. The van der Waals surface area contributed by atoms with E-state index in [9.17, 15) is 22.8 Å². The highest BCUT2D eigenvalue weighted by atomic mass is 19.4. The Labute approximate surface area is 120 Å². The molecule has 0 aromatic carbocycles. The molecule has 0 amide bonds. The van der Waals surface area contributed by atoms with E-state index in [0.29, 0.717) is 19.3 Å². The zero-order valence-electron chi connectivity index (χ0n) is 11.9. The number of ketones is 1. The van der Waals surface area contributed by atoms with Gasteiger partial charge in [0.15, 0.2) is 0 Å². The summed E-state index contributed by atoms with van der Waals surface area (Å²) in [5.41, 5.74) is -0.763. The third-order valence-electron chi connectivity index (χ3n) is 4.40. The summed E-state index contributed by atoms with van der Waals surface area (Å²) in [6, 6.07) is -0.992. The molecule has 0 bridgehead atoms. The molecule has 0 heterocycles. The first-order valence-corrected chi connectivity index (χ1v) is 6.93. The molecule has 0 saturated heterocycles. The zero-order chi connectivity index (χ0) is 16.0. The topological polar surface area (TPSA) is 66.4 Å². The summed E-state index contributed by atoms with van der Waals surface area (Å²) in [4.78, 5) is 22.8. The monoisotopic (exact) mass is 305 g/mol. The van der Waals surface area contributed by atoms with Crippen molar-refractivity contribution in [2.24, 2.45) is 11.3 Å². The molecule has 1 atom stereocenters. The molecule has 1 unspecified atom stereocenters. The SMILES string of the molecule is CC(C)C(NC1=C(C(=O)C(F)(F)F)C2(CCC2)C1)C(=O)O. The number of carboxylic acid groups (broad SMARTS) is 1. The van der Waals surface area contributed by atoms with Gasteiger partial charge in [0.25, 0.3) is 5.78 Å². The van der Waals surface area contributed by atoms with Crippen molar-refractivity contribution in [2.45, 2.75) is 51.7 Å². The second-order valence-corrected chi connectivity index (χ2v) is 6.20. The fourth-order valence-corrected chi connectivity index (χ4v) is 3.10. The third-order valence-corrected chi connectivity index (χ3v) is 4.40. The predicted molar refractivity (Wildman–Crippen MR) is 68.4 cm³/mol. The predicted octanol–water partition coefficient (Wildman–Crippen LogP) is 2.64. The number of hydrogen-bond donors (Lipinski definition) is 2. The molecular formula is C14H18F3NO3. The van der Waals surface area contributed by atoms with Crippen molar-refractivity contribution in [3.63, 3.8) is 0 Å². The number of Topliss-reactive ketones (excluding diaryl/α,β-unsaturated/α-hetero) is 1. The average molecular weight is 305 g/mol. The van der Waals surface area contributed by atoms with Crippen LogP contribution in [0.4, 0.5) is 13.2 Å². The lowest BCUT2D eigenvalue weighted by Gasteiger charge is -2.52.